The summed E-state index contributed by atoms with van der Waals surface area (Å²) in [4.78, 5) is 0. The molecule has 1 aliphatic rings. The van der Waals surface area contributed by atoms with Crippen LogP contribution in [0, 0.1) is 0 Å². The van der Waals surface area contributed by atoms with Crippen molar-refractivity contribution in [3.8, 4) is 11.5 Å². The molecule has 100 valence electrons. The average Bonchev–Trinajstić information content (AvgIpc) is 2.99. The molecule has 0 spiro atoms. The Hall–Kier alpha value is -1.73. The molecule has 1 aliphatic heterocycles. The van der Waals surface area contributed by atoms with Crippen LogP contribution in [0.3, 0.4) is 0 Å². The third-order valence-electron chi connectivity index (χ3n) is 3.00. The van der Waals surface area contributed by atoms with Crippen molar-refractivity contribution in [2.45, 2.75) is 13.0 Å². The summed E-state index contributed by atoms with van der Waals surface area (Å²) in [7, 11) is -3.14. The first-order valence-electron chi connectivity index (χ1n) is 6.01. The lowest BCUT2D eigenvalue weighted by Crippen LogP contribution is -2.25. The average molecular weight is 279 g/mol. The van der Waals surface area contributed by atoms with Gasteiger partial charge in [0.25, 0.3) is 0 Å². The molecule has 3 rings (SSSR count). The van der Waals surface area contributed by atoms with Crippen LogP contribution in [0.5, 0.6) is 0 Å². The highest BCUT2D eigenvalue weighted by atomic mass is 32.2. The van der Waals surface area contributed by atoms with Crippen LogP contribution in [-0.4, -0.2) is 35.2 Å². The van der Waals surface area contributed by atoms with E-state index in [4.69, 9.17) is 4.42 Å². The zero-order chi connectivity index (χ0) is 13.3. The SMILES string of the molecule is O=S1(=O)CCCN1Cc1nnc(-c2ccccc2)o1. The van der Waals surface area contributed by atoms with Gasteiger partial charge in [0, 0.05) is 12.1 Å². The number of benzene rings is 1. The van der Waals surface area contributed by atoms with Gasteiger partial charge in [-0.05, 0) is 18.6 Å². The van der Waals surface area contributed by atoms with Crippen LogP contribution in [0.25, 0.3) is 11.5 Å². The molecule has 1 aromatic heterocycles. The summed E-state index contributed by atoms with van der Waals surface area (Å²) in [6.45, 7) is 0.674. The first kappa shape index (κ1) is 12.3. The molecule has 0 aliphatic carbocycles. The molecule has 0 N–H and O–H groups in total. The van der Waals surface area contributed by atoms with Crippen molar-refractivity contribution >= 4 is 10.0 Å². The lowest BCUT2D eigenvalue weighted by atomic mass is 10.2. The summed E-state index contributed by atoms with van der Waals surface area (Å²) in [5.41, 5.74) is 0.825. The molecule has 0 radical (unpaired) electrons. The second-order valence-corrected chi connectivity index (χ2v) is 6.46. The first-order valence-corrected chi connectivity index (χ1v) is 7.62. The van der Waals surface area contributed by atoms with E-state index in [2.05, 4.69) is 10.2 Å². The Kier molecular flexibility index (Phi) is 3.08. The second kappa shape index (κ2) is 4.75. The molecule has 7 heteroatoms. The van der Waals surface area contributed by atoms with E-state index in [0.29, 0.717) is 24.7 Å². The van der Waals surface area contributed by atoms with E-state index in [1.807, 2.05) is 30.3 Å². The fraction of sp³-hybridized carbons (Fsp3) is 0.333. The van der Waals surface area contributed by atoms with E-state index in [0.717, 1.165) is 5.56 Å². The molecule has 19 heavy (non-hydrogen) atoms. The summed E-state index contributed by atoms with van der Waals surface area (Å²) in [6.07, 6.45) is 0.655. The third kappa shape index (κ3) is 2.52. The molecular weight excluding hydrogens is 266 g/mol. The number of hydrogen-bond acceptors (Lipinski definition) is 5. The summed E-state index contributed by atoms with van der Waals surface area (Å²) in [6, 6.07) is 9.39. The lowest BCUT2D eigenvalue weighted by molar-refractivity contribution is 0.379. The molecule has 6 nitrogen and oxygen atoms in total. The van der Waals surface area contributed by atoms with Crippen molar-refractivity contribution in [1.29, 1.82) is 0 Å². The van der Waals surface area contributed by atoms with Crippen molar-refractivity contribution in [2.24, 2.45) is 0 Å². The van der Waals surface area contributed by atoms with Gasteiger partial charge in [-0.25, -0.2) is 8.42 Å². The number of nitrogens with zero attached hydrogens (tertiary/aromatic N) is 3. The van der Waals surface area contributed by atoms with Crippen LogP contribution >= 0.6 is 0 Å². The van der Waals surface area contributed by atoms with E-state index >= 15 is 0 Å². The van der Waals surface area contributed by atoms with E-state index in [9.17, 15) is 8.42 Å². The highest BCUT2D eigenvalue weighted by molar-refractivity contribution is 7.89. The maximum Gasteiger partial charge on any atom is 0.247 e. The molecule has 0 saturated carbocycles. The van der Waals surface area contributed by atoms with Gasteiger partial charge >= 0.3 is 0 Å². The van der Waals surface area contributed by atoms with Gasteiger partial charge in [0.1, 0.15) is 0 Å². The van der Waals surface area contributed by atoms with Gasteiger partial charge in [0.2, 0.25) is 21.8 Å². The molecule has 2 heterocycles. The third-order valence-corrected chi connectivity index (χ3v) is 4.91. The Morgan fingerprint density at radius 2 is 2.00 bits per heavy atom. The molecule has 0 unspecified atom stereocenters. The van der Waals surface area contributed by atoms with Gasteiger partial charge in [-0.1, -0.05) is 18.2 Å². The van der Waals surface area contributed by atoms with Gasteiger partial charge in [0.15, 0.2) is 0 Å². The highest BCUT2D eigenvalue weighted by Crippen LogP contribution is 2.20. The summed E-state index contributed by atoms with van der Waals surface area (Å²) >= 11 is 0. The Morgan fingerprint density at radius 1 is 1.21 bits per heavy atom. The van der Waals surface area contributed by atoms with Crippen LogP contribution in [0.4, 0.5) is 0 Å². The predicted octanol–water partition coefficient (Wildman–Crippen LogP) is 1.27. The van der Waals surface area contributed by atoms with Crippen molar-refractivity contribution in [3.05, 3.63) is 36.2 Å². The fourth-order valence-electron chi connectivity index (χ4n) is 2.03. The van der Waals surface area contributed by atoms with Crippen molar-refractivity contribution in [2.75, 3.05) is 12.3 Å². The minimum atomic E-state index is -3.14. The normalized spacial score (nSPS) is 18.7. The first-order chi connectivity index (χ1) is 9.15. The fourth-order valence-corrected chi connectivity index (χ4v) is 3.50. The molecule has 1 fully saturated rings. The van der Waals surface area contributed by atoms with Crippen molar-refractivity contribution < 1.29 is 12.8 Å². The Morgan fingerprint density at radius 3 is 2.68 bits per heavy atom. The number of aromatic nitrogens is 2. The molecule has 0 atom stereocenters. The van der Waals surface area contributed by atoms with E-state index < -0.39 is 10.0 Å². The lowest BCUT2D eigenvalue weighted by Gasteiger charge is -2.10. The van der Waals surface area contributed by atoms with Crippen LogP contribution in [0.2, 0.25) is 0 Å². The maximum atomic E-state index is 11.7. The Labute approximate surface area is 111 Å². The van der Waals surface area contributed by atoms with E-state index in [-0.39, 0.29) is 12.3 Å². The van der Waals surface area contributed by atoms with E-state index in [1.165, 1.54) is 4.31 Å². The smallest absolute Gasteiger partial charge is 0.247 e. The van der Waals surface area contributed by atoms with Gasteiger partial charge in [-0.15, -0.1) is 10.2 Å². The maximum absolute atomic E-state index is 11.7. The minimum absolute atomic E-state index is 0.155. The van der Waals surface area contributed by atoms with Crippen LogP contribution in [0.1, 0.15) is 12.3 Å². The van der Waals surface area contributed by atoms with Gasteiger partial charge in [-0.3, -0.25) is 0 Å². The number of hydrogen-bond donors (Lipinski definition) is 0. The molecule has 1 aromatic carbocycles. The largest absolute Gasteiger partial charge is 0.419 e. The molecule has 2 aromatic rings. The summed E-state index contributed by atoms with van der Waals surface area (Å²) in [5, 5.41) is 7.84. The molecular formula is C12H13N3O3S. The van der Waals surface area contributed by atoms with Gasteiger partial charge in [0.05, 0.1) is 12.3 Å². The highest BCUT2D eigenvalue weighted by Gasteiger charge is 2.29. The zero-order valence-corrected chi connectivity index (χ0v) is 11.0. The quantitative estimate of drug-likeness (QED) is 0.845. The topological polar surface area (TPSA) is 76.3 Å². The Balaban J connectivity index is 1.79. The van der Waals surface area contributed by atoms with Crippen LogP contribution in [-0.2, 0) is 16.6 Å². The monoisotopic (exact) mass is 279 g/mol. The summed E-state index contributed by atoms with van der Waals surface area (Å²) < 4.78 is 30.2. The predicted molar refractivity (Wildman–Crippen MR) is 68.5 cm³/mol. The second-order valence-electron chi connectivity index (χ2n) is 4.37. The zero-order valence-electron chi connectivity index (χ0n) is 10.2. The number of rotatable bonds is 3. The van der Waals surface area contributed by atoms with Gasteiger partial charge in [-0.2, -0.15) is 4.31 Å². The van der Waals surface area contributed by atoms with Gasteiger partial charge < -0.3 is 4.42 Å². The van der Waals surface area contributed by atoms with Crippen LogP contribution < -0.4 is 0 Å². The number of sulfonamides is 1. The van der Waals surface area contributed by atoms with Crippen molar-refractivity contribution in [1.82, 2.24) is 14.5 Å². The van der Waals surface area contributed by atoms with E-state index in [1.54, 1.807) is 0 Å². The standard InChI is InChI=1S/C12H13N3O3S/c16-19(17)8-4-7-15(19)9-11-13-14-12(18-11)10-5-2-1-3-6-10/h1-3,5-6H,4,7-9H2. The molecule has 0 amide bonds. The minimum Gasteiger partial charge on any atom is -0.419 e. The Bertz CT molecular complexity index is 667. The van der Waals surface area contributed by atoms with Crippen LogP contribution in [0.15, 0.2) is 34.7 Å². The summed E-state index contributed by atoms with van der Waals surface area (Å²) in [5.74, 6) is 0.934. The van der Waals surface area contributed by atoms with Crippen molar-refractivity contribution in [3.63, 3.8) is 0 Å². The molecule has 0 bridgehead atoms. The molecule has 1 saturated heterocycles.